The van der Waals surface area contributed by atoms with Gasteiger partial charge in [-0.05, 0) is 38.7 Å². The predicted molar refractivity (Wildman–Crippen MR) is 97.5 cm³/mol. The van der Waals surface area contributed by atoms with Gasteiger partial charge in [0.2, 0.25) is 5.91 Å². The highest BCUT2D eigenvalue weighted by Gasteiger charge is 2.22. The number of carbonyl (C=O) groups is 2. The number of hydrogen-bond donors (Lipinski definition) is 0. The minimum Gasteiger partial charge on any atom is -0.497 e. The highest BCUT2D eigenvalue weighted by Crippen LogP contribution is 2.23. The quantitative estimate of drug-likeness (QED) is 0.607. The molecule has 0 bridgehead atoms. The molecular weight excluding hydrogens is 320 g/mol. The minimum atomic E-state index is -0.276. The Morgan fingerprint density at radius 3 is 2.24 bits per heavy atom. The first-order chi connectivity index (χ1) is 11.9. The van der Waals surface area contributed by atoms with E-state index in [0.717, 1.165) is 11.3 Å². The zero-order chi connectivity index (χ0) is 18.8. The van der Waals surface area contributed by atoms with Crippen LogP contribution >= 0.6 is 0 Å². The minimum absolute atomic E-state index is 0.0311. The average molecular weight is 350 g/mol. The molecule has 1 aromatic carbocycles. The molecule has 0 aliphatic rings. The van der Waals surface area contributed by atoms with Crippen molar-refractivity contribution in [3.8, 4) is 5.75 Å². The lowest BCUT2D eigenvalue weighted by Gasteiger charge is -2.31. The van der Waals surface area contributed by atoms with Gasteiger partial charge in [-0.3, -0.25) is 9.59 Å². The SMILES string of the molecule is CCOC(=O)CCN(CC(c1ccc(OC)cc1)N(C)C)C(=O)CC. The Morgan fingerprint density at radius 2 is 1.76 bits per heavy atom. The number of esters is 1. The second-order valence-electron chi connectivity index (χ2n) is 6.00. The lowest BCUT2D eigenvalue weighted by molar-refractivity contribution is -0.144. The van der Waals surface area contributed by atoms with Gasteiger partial charge in [-0.2, -0.15) is 0 Å². The zero-order valence-corrected chi connectivity index (χ0v) is 15.9. The Labute approximate surface area is 150 Å². The molecule has 6 heteroatoms. The summed E-state index contributed by atoms with van der Waals surface area (Å²) in [6.45, 7) is 4.85. The third-order valence-corrected chi connectivity index (χ3v) is 4.06. The first-order valence-corrected chi connectivity index (χ1v) is 8.66. The van der Waals surface area contributed by atoms with Gasteiger partial charge in [0.25, 0.3) is 0 Å². The molecule has 1 amide bonds. The van der Waals surface area contributed by atoms with Crippen LogP contribution < -0.4 is 4.74 Å². The van der Waals surface area contributed by atoms with Crippen molar-refractivity contribution in [2.75, 3.05) is 40.9 Å². The third-order valence-electron chi connectivity index (χ3n) is 4.06. The van der Waals surface area contributed by atoms with Crippen molar-refractivity contribution >= 4 is 11.9 Å². The number of amides is 1. The second kappa shape index (κ2) is 10.7. The molecule has 25 heavy (non-hydrogen) atoms. The van der Waals surface area contributed by atoms with E-state index in [4.69, 9.17) is 9.47 Å². The van der Waals surface area contributed by atoms with E-state index >= 15 is 0 Å². The van der Waals surface area contributed by atoms with Crippen molar-refractivity contribution < 1.29 is 19.1 Å². The maximum atomic E-state index is 12.3. The van der Waals surface area contributed by atoms with Crippen molar-refractivity contribution in [2.45, 2.75) is 32.7 Å². The Kier molecular flexibility index (Phi) is 8.99. The molecule has 0 fully saturated rings. The molecule has 6 nitrogen and oxygen atoms in total. The van der Waals surface area contributed by atoms with Crippen LogP contribution in [-0.2, 0) is 14.3 Å². The smallest absolute Gasteiger partial charge is 0.307 e. The van der Waals surface area contributed by atoms with Crippen LogP contribution in [0.5, 0.6) is 5.75 Å². The number of methoxy groups -OCH3 is 1. The standard InChI is InChI=1S/C19H30N2O4/c1-6-18(22)21(13-12-19(23)25-7-2)14-17(20(3)4)15-8-10-16(24-5)11-9-15/h8-11,17H,6-7,12-14H2,1-5H3. The molecule has 0 aromatic heterocycles. The molecular formula is C19H30N2O4. The van der Waals surface area contributed by atoms with Gasteiger partial charge in [0.15, 0.2) is 0 Å². The first-order valence-electron chi connectivity index (χ1n) is 8.66. The Bertz CT molecular complexity index is 543. The molecule has 0 heterocycles. The average Bonchev–Trinajstić information content (AvgIpc) is 2.61. The monoisotopic (exact) mass is 350 g/mol. The molecule has 1 atom stereocenters. The lowest BCUT2D eigenvalue weighted by atomic mass is 10.0. The molecule has 0 spiro atoms. The molecule has 0 aliphatic carbocycles. The molecule has 140 valence electrons. The van der Waals surface area contributed by atoms with Crippen LogP contribution in [-0.4, -0.2) is 62.6 Å². The summed E-state index contributed by atoms with van der Waals surface area (Å²) in [7, 11) is 5.60. The highest BCUT2D eigenvalue weighted by atomic mass is 16.5. The second-order valence-corrected chi connectivity index (χ2v) is 6.00. The van der Waals surface area contributed by atoms with Crippen LogP contribution in [0.2, 0.25) is 0 Å². The van der Waals surface area contributed by atoms with Crippen LogP contribution in [0.3, 0.4) is 0 Å². The fourth-order valence-electron chi connectivity index (χ4n) is 2.60. The van der Waals surface area contributed by atoms with Crippen LogP contribution in [0.4, 0.5) is 0 Å². The predicted octanol–water partition coefficient (Wildman–Crippen LogP) is 2.49. The Morgan fingerprint density at radius 1 is 1.12 bits per heavy atom. The van der Waals surface area contributed by atoms with Gasteiger partial charge in [-0.1, -0.05) is 19.1 Å². The summed E-state index contributed by atoms with van der Waals surface area (Å²) in [5.41, 5.74) is 1.09. The molecule has 1 rings (SSSR count). The van der Waals surface area contributed by atoms with Gasteiger partial charge in [-0.25, -0.2) is 0 Å². The summed E-state index contributed by atoms with van der Waals surface area (Å²) >= 11 is 0. The number of hydrogen-bond acceptors (Lipinski definition) is 5. The van der Waals surface area contributed by atoms with Crippen LogP contribution in [0.1, 0.15) is 38.3 Å². The number of rotatable bonds is 10. The third kappa shape index (κ3) is 6.74. The van der Waals surface area contributed by atoms with Crippen molar-refractivity contribution in [3.05, 3.63) is 29.8 Å². The van der Waals surface area contributed by atoms with Gasteiger partial charge in [-0.15, -0.1) is 0 Å². The normalized spacial score (nSPS) is 11.9. The Hall–Kier alpha value is -2.08. The summed E-state index contributed by atoms with van der Waals surface area (Å²) in [6, 6.07) is 7.86. The molecule has 0 N–H and O–H groups in total. The van der Waals surface area contributed by atoms with Gasteiger partial charge in [0.05, 0.1) is 26.2 Å². The summed E-state index contributed by atoms with van der Waals surface area (Å²) < 4.78 is 10.2. The molecule has 0 saturated heterocycles. The molecule has 1 aromatic rings. The highest BCUT2D eigenvalue weighted by molar-refractivity contribution is 5.77. The summed E-state index contributed by atoms with van der Waals surface area (Å²) in [5.74, 6) is 0.553. The van der Waals surface area contributed by atoms with Crippen LogP contribution in [0.15, 0.2) is 24.3 Å². The van der Waals surface area contributed by atoms with Crippen molar-refractivity contribution in [2.24, 2.45) is 0 Å². The van der Waals surface area contributed by atoms with Crippen molar-refractivity contribution in [1.29, 1.82) is 0 Å². The van der Waals surface area contributed by atoms with Crippen molar-refractivity contribution in [1.82, 2.24) is 9.80 Å². The summed E-state index contributed by atoms with van der Waals surface area (Å²) in [6.07, 6.45) is 0.619. The number of carbonyl (C=O) groups excluding carboxylic acids is 2. The fraction of sp³-hybridized carbons (Fsp3) is 0.579. The van der Waals surface area contributed by atoms with Gasteiger partial charge >= 0.3 is 5.97 Å². The van der Waals surface area contributed by atoms with Gasteiger partial charge in [0.1, 0.15) is 5.75 Å². The first kappa shape index (κ1) is 21.0. The van der Waals surface area contributed by atoms with E-state index in [9.17, 15) is 9.59 Å². The van der Waals surface area contributed by atoms with Gasteiger partial charge in [0, 0.05) is 19.5 Å². The number of likely N-dealkylation sites (N-methyl/N-ethyl adjacent to an activating group) is 1. The van der Waals surface area contributed by atoms with E-state index in [2.05, 4.69) is 4.90 Å². The van der Waals surface area contributed by atoms with Gasteiger partial charge < -0.3 is 19.3 Å². The van der Waals surface area contributed by atoms with E-state index in [1.54, 1.807) is 18.9 Å². The van der Waals surface area contributed by atoms with E-state index in [-0.39, 0.29) is 24.3 Å². The summed E-state index contributed by atoms with van der Waals surface area (Å²) in [4.78, 5) is 27.8. The maximum Gasteiger partial charge on any atom is 0.307 e. The molecule has 0 radical (unpaired) electrons. The topological polar surface area (TPSA) is 59.1 Å². The molecule has 0 aliphatic heterocycles. The van der Waals surface area contributed by atoms with Crippen molar-refractivity contribution in [3.63, 3.8) is 0 Å². The largest absolute Gasteiger partial charge is 0.497 e. The summed E-state index contributed by atoms with van der Waals surface area (Å²) in [5, 5.41) is 0. The Balaban J connectivity index is 2.87. The fourth-order valence-corrected chi connectivity index (χ4v) is 2.60. The van der Waals surface area contributed by atoms with E-state index in [0.29, 0.717) is 26.1 Å². The van der Waals surface area contributed by atoms with Crippen LogP contribution in [0.25, 0.3) is 0 Å². The molecule has 1 unspecified atom stereocenters. The number of ether oxygens (including phenoxy) is 2. The van der Waals surface area contributed by atoms with E-state index in [1.165, 1.54) is 0 Å². The lowest BCUT2D eigenvalue weighted by Crippen LogP contribution is -2.39. The number of nitrogens with zero attached hydrogens (tertiary/aromatic N) is 2. The molecule has 0 saturated carbocycles. The maximum absolute atomic E-state index is 12.3. The van der Waals surface area contributed by atoms with E-state index in [1.807, 2.05) is 45.3 Å². The van der Waals surface area contributed by atoms with E-state index < -0.39 is 0 Å². The van der Waals surface area contributed by atoms with Crippen LogP contribution in [0, 0.1) is 0 Å². The zero-order valence-electron chi connectivity index (χ0n) is 15.9. The number of benzene rings is 1.